The van der Waals surface area contributed by atoms with E-state index in [1.807, 2.05) is 6.07 Å². The number of aryl methyl sites for hydroxylation is 1. The van der Waals surface area contributed by atoms with Gasteiger partial charge in [0.1, 0.15) is 5.82 Å². The van der Waals surface area contributed by atoms with Gasteiger partial charge in [0.15, 0.2) is 0 Å². The summed E-state index contributed by atoms with van der Waals surface area (Å²) >= 11 is 1.46. The van der Waals surface area contributed by atoms with Crippen molar-refractivity contribution in [2.75, 3.05) is 0 Å². The molecule has 4 nitrogen and oxygen atoms in total. The third kappa shape index (κ3) is 3.42. The molecule has 120 valence electrons. The molecular formula is C17H17FN2O2S. The summed E-state index contributed by atoms with van der Waals surface area (Å²) in [5.74, 6) is -1.04. The van der Waals surface area contributed by atoms with Crippen molar-refractivity contribution in [3.05, 3.63) is 57.0 Å². The van der Waals surface area contributed by atoms with Gasteiger partial charge in [-0.05, 0) is 48.9 Å². The van der Waals surface area contributed by atoms with Gasteiger partial charge >= 0.3 is 0 Å². The largest absolute Gasteiger partial charge is 0.279 e. The fourth-order valence-corrected chi connectivity index (χ4v) is 3.81. The van der Waals surface area contributed by atoms with E-state index in [2.05, 4.69) is 17.8 Å². The highest BCUT2D eigenvalue weighted by Crippen LogP contribution is 2.32. The molecule has 23 heavy (non-hydrogen) atoms. The monoisotopic (exact) mass is 332 g/mol. The summed E-state index contributed by atoms with van der Waals surface area (Å²) in [5, 5.41) is 0. The lowest BCUT2D eigenvalue weighted by atomic mass is 9.90. The highest BCUT2D eigenvalue weighted by molar-refractivity contribution is 7.14. The second kappa shape index (κ2) is 6.50. The lowest BCUT2D eigenvalue weighted by molar-refractivity contribution is 0.0846. The number of hydrogen-bond acceptors (Lipinski definition) is 3. The van der Waals surface area contributed by atoms with Crippen molar-refractivity contribution >= 4 is 23.2 Å². The summed E-state index contributed by atoms with van der Waals surface area (Å²) < 4.78 is 13.5. The van der Waals surface area contributed by atoms with Crippen LogP contribution in [0.5, 0.6) is 0 Å². The number of fused-ring (bicyclic) bond motifs is 1. The van der Waals surface area contributed by atoms with Crippen LogP contribution in [-0.2, 0) is 12.8 Å². The van der Waals surface area contributed by atoms with Crippen LogP contribution >= 0.6 is 11.3 Å². The van der Waals surface area contributed by atoms with Gasteiger partial charge in [-0.15, -0.1) is 11.3 Å². The molecule has 0 radical (unpaired) electrons. The highest BCUT2D eigenvalue weighted by atomic mass is 32.1. The normalized spacial score (nSPS) is 16.5. The van der Waals surface area contributed by atoms with Gasteiger partial charge in [-0.25, -0.2) is 4.39 Å². The SMILES string of the molecule is CC1CCc2sc(C(=O)NNC(=O)c3ccccc3F)cc2C1. The van der Waals surface area contributed by atoms with Crippen LogP contribution in [0.25, 0.3) is 0 Å². The summed E-state index contributed by atoms with van der Waals surface area (Å²) in [7, 11) is 0. The first kappa shape index (κ1) is 15.7. The third-order valence-electron chi connectivity index (χ3n) is 3.96. The maximum Gasteiger partial charge on any atom is 0.279 e. The Kier molecular flexibility index (Phi) is 4.43. The Hall–Kier alpha value is -2.21. The van der Waals surface area contributed by atoms with Gasteiger partial charge in [-0.2, -0.15) is 0 Å². The Labute approximate surface area is 137 Å². The second-order valence-electron chi connectivity index (χ2n) is 5.80. The lowest BCUT2D eigenvalue weighted by Gasteiger charge is -2.16. The number of halogens is 1. The van der Waals surface area contributed by atoms with Crippen molar-refractivity contribution < 1.29 is 14.0 Å². The number of benzene rings is 1. The Morgan fingerprint density at radius 1 is 1.22 bits per heavy atom. The molecule has 1 unspecified atom stereocenters. The topological polar surface area (TPSA) is 58.2 Å². The van der Waals surface area contributed by atoms with E-state index in [4.69, 9.17) is 0 Å². The van der Waals surface area contributed by atoms with Crippen molar-refractivity contribution in [2.45, 2.75) is 26.2 Å². The van der Waals surface area contributed by atoms with Gasteiger partial charge in [0.2, 0.25) is 0 Å². The summed E-state index contributed by atoms with van der Waals surface area (Å²) in [6.07, 6.45) is 3.12. The van der Waals surface area contributed by atoms with E-state index >= 15 is 0 Å². The first-order valence-corrected chi connectivity index (χ1v) is 8.33. The van der Waals surface area contributed by atoms with Gasteiger partial charge in [0.25, 0.3) is 11.8 Å². The van der Waals surface area contributed by atoms with E-state index in [1.165, 1.54) is 40.0 Å². The maximum absolute atomic E-state index is 13.5. The van der Waals surface area contributed by atoms with Crippen molar-refractivity contribution in [1.82, 2.24) is 10.9 Å². The molecule has 1 aromatic carbocycles. The van der Waals surface area contributed by atoms with Crippen molar-refractivity contribution in [3.8, 4) is 0 Å². The van der Waals surface area contributed by atoms with Crippen LogP contribution in [-0.4, -0.2) is 11.8 Å². The molecule has 2 N–H and O–H groups in total. The minimum Gasteiger partial charge on any atom is -0.267 e. The first-order valence-electron chi connectivity index (χ1n) is 7.51. The molecule has 1 aliphatic carbocycles. The predicted molar refractivity (Wildman–Crippen MR) is 86.8 cm³/mol. The molecule has 3 rings (SSSR count). The summed E-state index contributed by atoms with van der Waals surface area (Å²) in [5.41, 5.74) is 5.72. The summed E-state index contributed by atoms with van der Waals surface area (Å²) in [4.78, 5) is 25.8. The molecule has 0 bridgehead atoms. The second-order valence-corrected chi connectivity index (χ2v) is 6.93. The number of nitrogens with one attached hydrogen (secondary N) is 2. The van der Waals surface area contributed by atoms with Crippen molar-refractivity contribution in [2.24, 2.45) is 5.92 Å². The Morgan fingerprint density at radius 2 is 1.96 bits per heavy atom. The standard InChI is InChI=1S/C17H17FN2O2S/c1-10-6-7-14-11(8-10)9-15(23-14)17(22)20-19-16(21)12-4-2-3-5-13(12)18/h2-5,9-10H,6-8H2,1H3,(H,19,21)(H,20,22). The molecule has 1 atom stereocenters. The molecular weight excluding hydrogens is 315 g/mol. The molecule has 0 spiro atoms. The number of hydrogen-bond donors (Lipinski definition) is 2. The molecule has 2 aromatic rings. The van der Waals surface area contributed by atoms with Crippen LogP contribution in [0.2, 0.25) is 0 Å². The Bertz CT molecular complexity index is 757. The van der Waals surface area contributed by atoms with Gasteiger partial charge < -0.3 is 0 Å². The molecule has 0 aliphatic heterocycles. The number of thiophene rings is 1. The average molecular weight is 332 g/mol. The molecule has 1 aromatic heterocycles. The van der Waals surface area contributed by atoms with E-state index in [9.17, 15) is 14.0 Å². The average Bonchev–Trinajstić information content (AvgIpc) is 2.95. The number of amides is 2. The number of carbonyl (C=O) groups is 2. The van der Waals surface area contributed by atoms with Gasteiger partial charge in [0.05, 0.1) is 10.4 Å². The summed E-state index contributed by atoms with van der Waals surface area (Å²) in [6, 6.07) is 7.52. The van der Waals surface area contributed by atoms with E-state index in [-0.39, 0.29) is 11.5 Å². The highest BCUT2D eigenvalue weighted by Gasteiger charge is 2.21. The molecule has 0 fully saturated rings. The fourth-order valence-electron chi connectivity index (χ4n) is 2.71. The molecule has 6 heteroatoms. The molecule has 1 aliphatic rings. The summed E-state index contributed by atoms with van der Waals surface area (Å²) in [6.45, 7) is 2.20. The molecule has 0 saturated carbocycles. The molecule has 1 heterocycles. The number of carbonyl (C=O) groups excluding carboxylic acids is 2. The smallest absolute Gasteiger partial charge is 0.267 e. The fraction of sp³-hybridized carbons (Fsp3) is 0.294. The minimum absolute atomic E-state index is 0.105. The van der Waals surface area contributed by atoms with Gasteiger partial charge in [-0.3, -0.25) is 20.4 Å². The van der Waals surface area contributed by atoms with Crippen LogP contribution in [0.4, 0.5) is 4.39 Å². The number of hydrazine groups is 1. The van der Waals surface area contributed by atoms with Crippen LogP contribution in [0.3, 0.4) is 0 Å². The third-order valence-corrected chi connectivity index (χ3v) is 5.20. The zero-order valence-electron chi connectivity index (χ0n) is 12.7. The van der Waals surface area contributed by atoms with Crippen LogP contribution in [0.15, 0.2) is 30.3 Å². The van der Waals surface area contributed by atoms with Gasteiger partial charge in [0, 0.05) is 4.88 Å². The molecule has 2 amide bonds. The number of rotatable bonds is 2. The molecule has 0 saturated heterocycles. The Balaban J connectivity index is 1.64. The zero-order chi connectivity index (χ0) is 16.4. The predicted octanol–water partition coefficient (Wildman–Crippen LogP) is 3.09. The van der Waals surface area contributed by atoms with E-state index in [1.54, 1.807) is 6.07 Å². The van der Waals surface area contributed by atoms with E-state index in [0.29, 0.717) is 10.8 Å². The van der Waals surface area contributed by atoms with E-state index < -0.39 is 11.7 Å². The zero-order valence-corrected chi connectivity index (χ0v) is 13.5. The van der Waals surface area contributed by atoms with Crippen LogP contribution in [0, 0.1) is 11.7 Å². The van der Waals surface area contributed by atoms with Gasteiger partial charge in [-0.1, -0.05) is 19.1 Å². The quantitative estimate of drug-likeness (QED) is 0.830. The Morgan fingerprint density at radius 3 is 2.74 bits per heavy atom. The maximum atomic E-state index is 13.5. The van der Waals surface area contributed by atoms with Crippen LogP contribution in [0.1, 0.15) is 43.8 Å². The minimum atomic E-state index is -0.675. The van der Waals surface area contributed by atoms with E-state index in [0.717, 1.165) is 19.3 Å². The van der Waals surface area contributed by atoms with Crippen molar-refractivity contribution in [3.63, 3.8) is 0 Å². The first-order chi connectivity index (χ1) is 11.0. The van der Waals surface area contributed by atoms with Crippen molar-refractivity contribution in [1.29, 1.82) is 0 Å². The lowest BCUT2D eigenvalue weighted by Crippen LogP contribution is -2.41. The van der Waals surface area contributed by atoms with Crippen LogP contribution < -0.4 is 10.9 Å².